The first-order valence-electron chi connectivity index (χ1n) is 8.93. The van der Waals surface area contributed by atoms with Crippen molar-refractivity contribution in [2.75, 3.05) is 26.3 Å². The van der Waals surface area contributed by atoms with Crippen molar-refractivity contribution in [1.29, 1.82) is 0 Å². The summed E-state index contributed by atoms with van der Waals surface area (Å²) in [7, 11) is -3.57. The van der Waals surface area contributed by atoms with Crippen molar-refractivity contribution in [2.45, 2.75) is 36.1 Å². The van der Waals surface area contributed by atoms with Gasteiger partial charge in [-0.05, 0) is 31.4 Å². The van der Waals surface area contributed by atoms with Crippen LogP contribution in [0.15, 0.2) is 29.3 Å². The molecule has 0 N–H and O–H groups in total. The molecule has 1 aromatic heterocycles. The summed E-state index contributed by atoms with van der Waals surface area (Å²) in [6.45, 7) is 1.79. The van der Waals surface area contributed by atoms with Gasteiger partial charge < -0.3 is 9.47 Å². The molecule has 5 rings (SSSR count). The minimum atomic E-state index is -3.57. The Labute approximate surface area is 151 Å². The minimum Gasteiger partial charge on any atom is -0.486 e. The average molecular weight is 376 g/mol. The molecule has 0 bridgehead atoms. The van der Waals surface area contributed by atoms with E-state index in [0.29, 0.717) is 43.7 Å². The summed E-state index contributed by atoms with van der Waals surface area (Å²) in [5.74, 6) is 1.62. The van der Waals surface area contributed by atoms with E-state index < -0.39 is 10.0 Å². The molecule has 1 aliphatic carbocycles. The Morgan fingerprint density at radius 2 is 1.88 bits per heavy atom. The molecule has 3 aliphatic rings. The standard InChI is InChI=1S/C17H20N4O4S/c22-26(23,14-3-4-16-17(9-14)25-8-7-24-16)20-6-5-13(10-20)21-11-15(18-19-21)12-1-2-12/h3-4,9,11-13H,1-2,5-8,10H2. The minimum absolute atomic E-state index is 0.0296. The quantitative estimate of drug-likeness (QED) is 0.805. The van der Waals surface area contributed by atoms with Gasteiger partial charge in [-0.15, -0.1) is 5.10 Å². The smallest absolute Gasteiger partial charge is 0.243 e. The highest BCUT2D eigenvalue weighted by Gasteiger charge is 2.35. The van der Waals surface area contributed by atoms with E-state index in [1.54, 1.807) is 18.2 Å². The topological polar surface area (TPSA) is 86.6 Å². The highest BCUT2D eigenvalue weighted by atomic mass is 32.2. The lowest BCUT2D eigenvalue weighted by Gasteiger charge is -2.21. The fraction of sp³-hybridized carbons (Fsp3) is 0.529. The second kappa shape index (κ2) is 5.95. The first-order chi connectivity index (χ1) is 12.6. The molecule has 0 spiro atoms. The van der Waals surface area contributed by atoms with E-state index >= 15 is 0 Å². The molecule has 138 valence electrons. The predicted molar refractivity (Wildman–Crippen MR) is 91.8 cm³/mol. The Morgan fingerprint density at radius 3 is 2.69 bits per heavy atom. The molecule has 9 heteroatoms. The van der Waals surface area contributed by atoms with E-state index in [9.17, 15) is 8.42 Å². The number of hydrogen-bond acceptors (Lipinski definition) is 6. The molecule has 26 heavy (non-hydrogen) atoms. The lowest BCUT2D eigenvalue weighted by atomic mass is 10.2. The lowest BCUT2D eigenvalue weighted by molar-refractivity contribution is 0.171. The summed E-state index contributed by atoms with van der Waals surface area (Å²) < 4.78 is 40.3. The molecular weight excluding hydrogens is 356 g/mol. The van der Waals surface area contributed by atoms with E-state index in [2.05, 4.69) is 10.3 Å². The van der Waals surface area contributed by atoms with Gasteiger partial charge >= 0.3 is 0 Å². The molecule has 1 saturated carbocycles. The summed E-state index contributed by atoms with van der Waals surface area (Å²) in [5, 5.41) is 8.45. The van der Waals surface area contributed by atoms with Crippen LogP contribution in [0.1, 0.15) is 36.9 Å². The van der Waals surface area contributed by atoms with Gasteiger partial charge in [-0.2, -0.15) is 4.31 Å². The third-order valence-electron chi connectivity index (χ3n) is 5.18. The molecular formula is C17H20N4O4S. The predicted octanol–water partition coefficient (Wildman–Crippen LogP) is 1.56. The van der Waals surface area contributed by atoms with Crippen LogP contribution in [0.2, 0.25) is 0 Å². The summed E-state index contributed by atoms with van der Waals surface area (Å²) >= 11 is 0. The summed E-state index contributed by atoms with van der Waals surface area (Å²) in [4.78, 5) is 0.236. The maximum absolute atomic E-state index is 13.0. The molecule has 1 saturated heterocycles. The number of ether oxygens (including phenoxy) is 2. The number of sulfonamides is 1. The zero-order valence-corrected chi connectivity index (χ0v) is 15.1. The van der Waals surface area contributed by atoms with Crippen LogP contribution in [0, 0.1) is 0 Å². The van der Waals surface area contributed by atoms with Crippen molar-refractivity contribution < 1.29 is 17.9 Å². The highest BCUT2D eigenvalue weighted by Crippen LogP contribution is 2.39. The zero-order chi connectivity index (χ0) is 17.7. The van der Waals surface area contributed by atoms with E-state index in [4.69, 9.17) is 9.47 Å². The summed E-state index contributed by atoms with van der Waals surface area (Å²) in [6.07, 6.45) is 5.06. The number of fused-ring (bicyclic) bond motifs is 1. The van der Waals surface area contributed by atoms with Gasteiger partial charge in [0.1, 0.15) is 13.2 Å². The Bertz CT molecular complexity index is 938. The van der Waals surface area contributed by atoms with Crippen molar-refractivity contribution in [3.8, 4) is 11.5 Å². The van der Waals surface area contributed by atoms with Gasteiger partial charge in [-0.25, -0.2) is 13.1 Å². The zero-order valence-electron chi connectivity index (χ0n) is 14.2. The van der Waals surface area contributed by atoms with E-state index in [1.165, 1.54) is 17.1 Å². The molecule has 1 atom stereocenters. The fourth-order valence-corrected chi connectivity index (χ4v) is 5.02. The van der Waals surface area contributed by atoms with Gasteiger partial charge in [0.05, 0.1) is 16.6 Å². The molecule has 2 aromatic rings. The number of aromatic nitrogens is 3. The largest absolute Gasteiger partial charge is 0.486 e. The van der Waals surface area contributed by atoms with Crippen LogP contribution in [0.5, 0.6) is 11.5 Å². The van der Waals surface area contributed by atoms with Crippen molar-refractivity contribution >= 4 is 10.0 Å². The van der Waals surface area contributed by atoms with Gasteiger partial charge in [0.25, 0.3) is 0 Å². The molecule has 2 fully saturated rings. The number of hydrogen-bond donors (Lipinski definition) is 0. The van der Waals surface area contributed by atoms with Crippen molar-refractivity contribution in [3.63, 3.8) is 0 Å². The van der Waals surface area contributed by atoms with Gasteiger partial charge in [0.2, 0.25) is 10.0 Å². The monoisotopic (exact) mass is 376 g/mol. The van der Waals surface area contributed by atoms with E-state index in [-0.39, 0.29) is 10.9 Å². The molecule has 8 nitrogen and oxygen atoms in total. The van der Waals surface area contributed by atoms with E-state index in [1.807, 2.05) is 10.9 Å². The van der Waals surface area contributed by atoms with Crippen LogP contribution in [0.25, 0.3) is 0 Å². The molecule has 1 unspecified atom stereocenters. The number of rotatable bonds is 4. The third-order valence-corrected chi connectivity index (χ3v) is 7.04. The van der Waals surface area contributed by atoms with Gasteiger partial charge in [-0.3, -0.25) is 0 Å². The summed E-state index contributed by atoms with van der Waals surface area (Å²) in [5.41, 5.74) is 1.03. The normalized spacial score (nSPS) is 23.3. The van der Waals surface area contributed by atoms with Crippen molar-refractivity contribution in [3.05, 3.63) is 30.1 Å². The van der Waals surface area contributed by atoms with Crippen LogP contribution < -0.4 is 9.47 Å². The highest BCUT2D eigenvalue weighted by molar-refractivity contribution is 7.89. The van der Waals surface area contributed by atoms with Crippen LogP contribution in [-0.2, 0) is 10.0 Å². The molecule has 1 aromatic carbocycles. The molecule has 3 heterocycles. The number of benzene rings is 1. The first-order valence-corrected chi connectivity index (χ1v) is 10.4. The Morgan fingerprint density at radius 1 is 1.08 bits per heavy atom. The average Bonchev–Trinajstić information content (AvgIpc) is 3.19. The lowest BCUT2D eigenvalue weighted by Crippen LogP contribution is -2.29. The van der Waals surface area contributed by atoms with Crippen LogP contribution in [-0.4, -0.2) is 54.0 Å². The number of nitrogens with zero attached hydrogens (tertiary/aromatic N) is 4. The van der Waals surface area contributed by atoms with Crippen LogP contribution >= 0.6 is 0 Å². The third kappa shape index (κ3) is 2.75. The van der Waals surface area contributed by atoms with Crippen molar-refractivity contribution in [1.82, 2.24) is 19.3 Å². The fourth-order valence-electron chi connectivity index (χ4n) is 3.51. The second-order valence-corrected chi connectivity index (χ2v) is 8.95. The Kier molecular flexibility index (Phi) is 3.68. The van der Waals surface area contributed by atoms with E-state index in [0.717, 1.165) is 12.1 Å². The van der Waals surface area contributed by atoms with Crippen molar-refractivity contribution in [2.24, 2.45) is 0 Å². The molecule has 0 radical (unpaired) electrons. The van der Waals surface area contributed by atoms with Gasteiger partial charge in [0, 0.05) is 31.3 Å². The summed E-state index contributed by atoms with van der Waals surface area (Å²) in [6, 6.07) is 4.82. The van der Waals surface area contributed by atoms with Crippen LogP contribution in [0.4, 0.5) is 0 Å². The molecule has 0 amide bonds. The maximum Gasteiger partial charge on any atom is 0.243 e. The van der Waals surface area contributed by atoms with Crippen LogP contribution in [0.3, 0.4) is 0 Å². The Balaban J connectivity index is 1.35. The SMILES string of the molecule is O=S(=O)(c1ccc2c(c1)OCCO2)N1CCC(n2cc(C3CC3)nn2)C1. The first kappa shape index (κ1) is 16.1. The van der Waals surface area contributed by atoms with Gasteiger partial charge in [-0.1, -0.05) is 5.21 Å². The Hall–Kier alpha value is -2.13. The second-order valence-electron chi connectivity index (χ2n) is 7.01. The molecule has 2 aliphatic heterocycles. The van der Waals surface area contributed by atoms with Gasteiger partial charge in [0.15, 0.2) is 11.5 Å². The maximum atomic E-state index is 13.0.